The van der Waals surface area contributed by atoms with E-state index in [4.69, 9.17) is 10.5 Å². The summed E-state index contributed by atoms with van der Waals surface area (Å²) in [5.74, 6) is 0.112. The quantitative estimate of drug-likeness (QED) is 0.779. The molecule has 0 fully saturated rings. The second kappa shape index (κ2) is 8.18. The number of hydrogen-bond acceptors (Lipinski definition) is 5. The van der Waals surface area contributed by atoms with Gasteiger partial charge in [-0.05, 0) is 25.5 Å². The van der Waals surface area contributed by atoms with Gasteiger partial charge in [0.2, 0.25) is 5.91 Å². The van der Waals surface area contributed by atoms with E-state index in [2.05, 4.69) is 5.32 Å². The zero-order valence-electron chi connectivity index (χ0n) is 14.3. The average molecular weight is 346 g/mol. The van der Waals surface area contributed by atoms with Crippen LogP contribution in [0.4, 0.5) is 11.5 Å². The van der Waals surface area contributed by atoms with Crippen LogP contribution in [0.3, 0.4) is 0 Å². The molecule has 0 atom stereocenters. The lowest BCUT2D eigenvalue weighted by molar-refractivity contribution is -0.116. The molecule has 0 radical (unpaired) electrons. The standard InChI is InChI=1S/C17H22N4O4/c1-3-9-20-14(18)10-16(23)21(17(20)24)11-15(22)19-12-7-5-6-8-13(12)25-4-2/h5-8,10H,3-4,9,11,18H2,1-2H3,(H,19,22). The maximum atomic E-state index is 12.4. The van der Waals surface area contributed by atoms with Crippen LogP contribution in [0.5, 0.6) is 5.75 Å². The molecule has 8 heteroatoms. The third-order valence-electron chi connectivity index (χ3n) is 3.52. The lowest BCUT2D eigenvalue weighted by Crippen LogP contribution is -2.43. The largest absolute Gasteiger partial charge is 0.492 e. The van der Waals surface area contributed by atoms with Gasteiger partial charge in [-0.2, -0.15) is 0 Å². The lowest BCUT2D eigenvalue weighted by Gasteiger charge is -2.13. The molecule has 0 unspecified atom stereocenters. The second-order valence-electron chi connectivity index (χ2n) is 5.41. The highest BCUT2D eigenvalue weighted by Crippen LogP contribution is 2.23. The SMILES string of the molecule is CCCn1c(N)cc(=O)n(CC(=O)Nc2ccccc2OCC)c1=O. The van der Waals surface area contributed by atoms with Crippen LogP contribution >= 0.6 is 0 Å². The number of ether oxygens (including phenoxy) is 1. The molecule has 0 bridgehead atoms. The molecule has 2 aromatic rings. The summed E-state index contributed by atoms with van der Waals surface area (Å²) >= 11 is 0. The summed E-state index contributed by atoms with van der Waals surface area (Å²) in [6.07, 6.45) is 0.677. The van der Waals surface area contributed by atoms with Crippen molar-refractivity contribution in [3.05, 3.63) is 51.2 Å². The minimum Gasteiger partial charge on any atom is -0.492 e. The van der Waals surface area contributed by atoms with Crippen LogP contribution in [-0.4, -0.2) is 21.6 Å². The first-order valence-corrected chi connectivity index (χ1v) is 8.09. The number of anilines is 2. The Morgan fingerprint density at radius 2 is 1.92 bits per heavy atom. The van der Waals surface area contributed by atoms with Crippen LogP contribution in [0.1, 0.15) is 20.3 Å². The number of hydrogen-bond donors (Lipinski definition) is 2. The number of amides is 1. The third-order valence-corrected chi connectivity index (χ3v) is 3.52. The molecule has 0 spiro atoms. The van der Waals surface area contributed by atoms with Gasteiger partial charge in [0.15, 0.2) is 0 Å². The smallest absolute Gasteiger partial charge is 0.333 e. The average Bonchev–Trinajstić information content (AvgIpc) is 2.57. The molecular formula is C17H22N4O4. The van der Waals surface area contributed by atoms with Crippen molar-refractivity contribution < 1.29 is 9.53 Å². The minimum atomic E-state index is -0.608. The molecule has 25 heavy (non-hydrogen) atoms. The monoisotopic (exact) mass is 346 g/mol. The molecule has 0 aliphatic carbocycles. The van der Waals surface area contributed by atoms with E-state index in [9.17, 15) is 14.4 Å². The number of nitrogen functional groups attached to an aromatic ring is 1. The number of aromatic nitrogens is 2. The number of carbonyl (C=O) groups excluding carboxylic acids is 1. The fourth-order valence-corrected chi connectivity index (χ4v) is 2.41. The summed E-state index contributed by atoms with van der Waals surface area (Å²) in [5.41, 5.74) is 4.99. The van der Waals surface area contributed by atoms with Crippen molar-refractivity contribution in [1.82, 2.24) is 9.13 Å². The molecule has 1 amide bonds. The second-order valence-corrected chi connectivity index (χ2v) is 5.41. The van der Waals surface area contributed by atoms with E-state index in [0.29, 0.717) is 31.0 Å². The Hall–Kier alpha value is -3.03. The van der Waals surface area contributed by atoms with Gasteiger partial charge in [-0.1, -0.05) is 19.1 Å². The molecule has 0 aliphatic heterocycles. The van der Waals surface area contributed by atoms with Gasteiger partial charge in [-0.3, -0.25) is 18.7 Å². The summed E-state index contributed by atoms with van der Waals surface area (Å²) in [6.45, 7) is 4.15. The summed E-state index contributed by atoms with van der Waals surface area (Å²) in [5, 5.41) is 2.66. The fraction of sp³-hybridized carbons (Fsp3) is 0.353. The van der Waals surface area contributed by atoms with E-state index in [1.165, 1.54) is 4.57 Å². The molecule has 0 saturated carbocycles. The first kappa shape index (κ1) is 18.3. The molecule has 1 aromatic carbocycles. The maximum absolute atomic E-state index is 12.4. The van der Waals surface area contributed by atoms with E-state index in [1.807, 2.05) is 13.8 Å². The predicted octanol–water partition coefficient (Wildman–Crippen LogP) is 1.04. The Morgan fingerprint density at radius 1 is 1.20 bits per heavy atom. The summed E-state index contributed by atoms with van der Waals surface area (Å²) < 4.78 is 7.58. The number of carbonyl (C=O) groups is 1. The summed E-state index contributed by atoms with van der Waals surface area (Å²) in [6, 6.07) is 8.10. The summed E-state index contributed by atoms with van der Waals surface area (Å²) in [4.78, 5) is 36.7. The maximum Gasteiger partial charge on any atom is 0.333 e. The van der Waals surface area contributed by atoms with Crippen molar-refractivity contribution in [2.45, 2.75) is 33.4 Å². The van der Waals surface area contributed by atoms with Crippen LogP contribution in [0.2, 0.25) is 0 Å². The Balaban J connectivity index is 2.26. The van der Waals surface area contributed by atoms with Gasteiger partial charge in [-0.15, -0.1) is 0 Å². The van der Waals surface area contributed by atoms with E-state index in [1.54, 1.807) is 24.3 Å². The summed E-state index contributed by atoms with van der Waals surface area (Å²) in [7, 11) is 0. The molecule has 134 valence electrons. The number of nitrogens with one attached hydrogen (secondary N) is 1. The van der Waals surface area contributed by atoms with E-state index in [0.717, 1.165) is 10.6 Å². The molecule has 1 heterocycles. The van der Waals surface area contributed by atoms with E-state index in [-0.39, 0.29) is 5.82 Å². The molecule has 0 aliphatic rings. The van der Waals surface area contributed by atoms with Crippen molar-refractivity contribution in [2.24, 2.45) is 0 Å². The number of nitrogens with two attached hydrogens (primary N) is 1. The molecule has 2 rings (SSSR count). The van der Waals surface area contributed by atoms with E-state index < -0.39 is 23.7 Å². The van der Waals surface area contributed by atoms with Crippen LogP contribution in [-0.2, 0) is 17.9 Å². The van der Waals surface area contributed by atoms with Crippen LogP contribution in [0.25, 0.3) is 0 Å². The Labute approximate surface area is 144 Å². The number of rotatable bonds is 7. The van der Waals surface area contributed by atoms with Crippen LogP contribution in [0.15, 0.2) is 39.9 Å². The van der Waals surface area contributed by atoms with Gasteiger partial charge in [0, 0.05) is 12.6 Å². The highest BCUT2D eigenvalue weighted by Gasteiger charge is 2.14. The Bertz CT molecular complexity index is 870. The van der Waals surface area contributed by atoms with E-state index >= 15 is 0 Å². The van der Waals surface area contributed by atoms with Crippen molar-refractivity contribution in [3.8, 4) is 5.75 Å². The van der Waals surface area contributed by atoms with Gasteiger partial charge in [0.1, 0.15) is 18.1 Å². The minimum absolute atomic E-state index is 0.0928. The lowest BCUT2D eigenvalue weighted by atomic mass is 10.3. The van der Waals surface area contributed by atoms with Gasteiger partial charge < -0.3 is 15.8 Å². The number of benzene rings is 1. The third kappa shape index (κ3) is 4.28. The molecule has 0 saturated heterocycles. The van der Waals surface area contributed by atoms with Crippen molar-refractivity contribution in [1.29, 1.82) is 0 Å². The van der Waals surface area contributed by atoms with Gasteiger partial charge in [-0.25, -0.2) is 4.79 Å². The Morgan fingerprint density at radius 3 is 2.60 bits per heavy atom. The Kier molecular flexibility index (Phi) is 5.99. The van der Waals surface area contributed by atoms with Crippen molar-refractivity contribution in [2.75, 3.05) is 17.7 Å². The van der Waals surface area contributed by atoms with Gasteiger partial charge >= 0.3 is 5.69 Å². The zero-order chi connectivity index (χ0) is 18.4. The first-order valence-electron chi connectivity index (χ1n) is 8.09. The zero-order valence-corrected chi connectivity index (χ0v) is 14.3. The topological polar surface area (TPSA) is 108 Å². The van der Waals surface area contributed by atoms with Crippen LogP contribution in [0, 0.1) is 0 Å². The van der Waals surface area contributed by atoms with Gasteiger partial charge in [0.25, 0.3) is 5.56 Å². The normalized spacial score (nSPS) is 10.5. The number of para-hydroxylation sites is 2. The fourth-order valence-electron chi connectivity index (χ4n) is 2.41. The molecule has 1 aromatic heterocycles. The molecule has 3 N–H and O–H groups in total. The predicted molar refractivity (Wildman–Crippen MR) is 95.9 cm³/mol. The highest BCUT2D eigenvalue weighted by molar-refractivity contribution is 5.92. The van der Waals surface area contributed by atoms with Crippen molar-refractivity contribution >= 4 is 17.4 Å². The number of nitrogens with zero attached hydrogens (tertiary/aromatic N) is 2. The van der Waals surface area contributed by atoms with Gasteiger partial charge in [0.05, 0.1) is 12.3 Å². The molecular weight excluding hydrogens is 324 g/mol. The first-order chi connectivity index (χ1) is 12.0. The van der Waals surface area contributed by atoms with Crippen LogP contribution < -0.4 is 27.0 Å². The van der Waals surface area contributed by atoms with Crippen molar-refractivity contribution in [3.63, 3.8) is 0 Å². The molecule has 8 nitrogen and oxygen atoms in total. The highest BCUT2D eigenvalue weighted by atomic mass is 16.5.